The number of nitrogens with one attached hydrogen (secondary N) is 1. The summed E-state index contributed by atoms with van der Waals surface area (Å²) in [6.07, 6.45) is 14.1. The van der Waals surface area contributed by atoms with Crippen LogP contribution in [0.4, 0.5) is 0 Å². The standard InChI is InChI=1S/C17H36N2/c1-3-4-5-6-7-8-10-13-18-16-17(2)19-14-11-9-12-15-19/h17-18H,3-16H2,1-2H3. The summed E-state index contributed by atoms with van der Waals surface area (Å²) in [5.41, 5.74) is 0. The number of hydrogen-bond acceptors (Lipinski definition) is 2. The van der Waals surface area contributed by atoms with Gasteiger partial charge in [-0.05, 0) is 45.8 Å². The Balaban J connectivity index is 1.84. The van der Waals surface area contributed by atoms with Crippen molar-refractivity contribution in [3.63, 3.8) is 0 Å². The Labute approximate surface area is 121 Å². The fraction of sp³-hybridized carbons (Fsp3) is 1.00. The Kier molecular flexibility index (Phi) is 10.5. The van der Waals surface area contributed by atoms with Crippen molar-refractivity contribution in [3.8, 4) is 0 Å². The van der Waals surface area contributed by atoms with E-state index in [-0.39, 0.29) is 0 Å². The highest BCUT2D eigenvalue weighted by Gasteiger charge is 2.15. The summed E-state index contributed by atoms with van der Waals surface area (Å²) < 4.78 is 0. The van der Waals surface area contributed by atoms with Gasteiger partial charge >= 0.3 is 0 Å². The first-order chi connectivity index (χ1) is 9.34. The summed E-state index contributed by atoms with van der Waals surface area (Å²) in [5.74, 6) is 0. The zero-order valence-electron chi connectivity index (χ0n) is 13.4. The first-order valence-electron chi connectivity index (χ1n) is 8.79. The lowest BCUT2D eigenvalue weighted by Crippen LogP contribution is -2.43. The van der Waals surface area contributed by atoms with Gasteiger partial charge in [0.25, 0.3) is 0 Å². The fourth-order valence-electron chi connectivity index (χ4n) is 3.01. The van der Waals surface area contributed by atoms with Crippen molar-refractivity contribution >= 4 is 0 Å². The predicted octanol–water partition coefficient (Wildman–Crippen LogP) is 4.20. The smallest absolute Gasteiger partial charge is 0.0192 e. The van der Waals surface area contributed by atoms with Gasteiger partial charge in [0.1, 0.15) is 0 Å². The molecule has 0 aromatic heterocycles. The quantitative estimate of drug-likeness (QED) is 0.565. The van der Waals surface area contributed by atoms with Gasteiger partial charge in [0.15, 0.2) is 0 Å². The molecule has 0 spiro atoms. The van der Waals surface area contributed by atoms with E-state index in [0.717, 1.165) is 6.04 Å². The lowest BCUT2D eigenvalue weighted by Gasteiger charge is -2.32. The molecule has 2 nitrogen and oxygen atoms in total. The van der Waals surface area contributed by atoms with Crippen molar-refractivity contribution in [1.29, 1.82) is 0 Å². The van der Waals surface area contributed by atoms with Crippen molar-refractivity contribution in [2.45, 2.75) is 84.1 Å². The molecular weight excluding hydrogens is 232 g/mol. The molecule has 1 aliphatic heterocycles. The second-order valence-corrected chi connectivity index (χ2v) is 6.27. The number of rotatable bonds is 11. The molecule has 1 heterocycles. The van der Waals surface area contributed by atoms with Crippen LogP contribution in [0.2, 0.25) is 0 Å². The Morgan fingerprint density at radius 3 is 2.21 bits per heavy atom. The molecule has 19 heavy (non-hydrogen) atoms. The van der Waals surface area contributed by atoms with Crippen LogP contribution in [-0.2, 0) is 0 Å². The van der Waals surface area contributed by atoms with Gasteiger partial charge < -0.3 is 5.32 Å². The summed E-state index contributed by atoms with van der Waals surface area (Å²) in [6, 6.07) is 0.727. The maximum atomic E-state index is 3.64. The van der Waals surface area contributed by atoms with Crippen LogP contribution in [0.1, 0.15) is 78.1 Å². The highest BCUT2D eigenvalue weighted by molar-refractivity contribution is 4.73. The van der Waals surface area contributed by atoms with Gasteiger partial charge in [-0.2, -0.15) is 0 Å². The van der Waals surface area contributed by atoms with Gasteiger partial charge in [-0.25, -0.2) is 0 Å². The molecule has 0 aromatic rings. The second-order valence-electron chi connectivity index (χ2n) is 6.27. The van der Waals surface area contributed by atoms with Gasteiger partial charge in [-0.3, -0.25) is 4.90 Å². The Bertz CT molecular complexity index is 188. The van der Waals surface area contributed by atoms with Crippen molar-refractivity contribution in [1.82, 2.24) is 10.2 Å². The number of hydrogen-bond donors (Lipinski definition) is 1. The Morgan fingerprint density at radius 2 is 1.53 bits per heavy atom. The zero-order chi connectivity index (χ0) is 13.8. The van der Waals surface area contributed by atoms with Gasteiger partial charge in [0, 0.05) is 12.6 Å². The molecule has 1 aliphatic rings. The highest BCUT2D eigenvalue weighted by atomic mass is 15.2. The predicted molar refractivity (Wildman–Crippen MR) is 85.7 cm³/mol. The lowest BCUT2D eigenvalue weighted by atomic mass is 10.1. The van der Waals surface area contributed by atoms with E-state index in [2.05, 4.69) is 24.1 Å². The number of unbranched alkanes of at least 4 members (excludes halogenated alkanes) is 6. The molecule has 0 radical (unpaired) electrons. The summed E-state index contributed by atoms with van der Waals surface area (Å²) >= 11 is 0. The third-order valence-electron chi connectivity index (χ3n) is 4.41. The number of likely N-dealkylation sites (tertiary alicyclic amines) is 1. The Hall–Kier alpha value is -0.0800. The first-order valence-corrected chi connectivity index (χ1v) is 8.79. The normalized spacial score (nSPS) is 18.6. The van der Waals surface area contributed by atoms with Crippen molar-refractivity contribution in [2.24, 2.45) is 0 Å². The number of nitrogens with zero attached hydrogens (tertiary/aromatic N) is 1. The third kappa shape index (κ3) is 8.65. The summed E-state index contributed by atoms with van der Waals surface area (Å²) in [5, 5.41) is 3.64. The molecule has 114 valence electrons. The average Bonchev–Trinajstić information content (AvgIpc) is 2.46. The van der Waals surface area contributed by atoms with E-state index >= 15 is 0 Å². The van der Waals surface area contributed by atoms with E-state index in [0.29, 0.717) is 0 Å². The van der Waals surface area contributed by atoms with Gasteiger partial charge in [0.2, 0.25) is 0 Å². The monoisotopic (exact) mass is 268 g/mol. The minimum absolute atomic E-state index is 0.727. The minimum Gasteiger partial charge on any atom is -0.315 e. The molecule has 1 N–H and O–H groups in total. The molecular formula is C17H36N2. The SMILES string of the molecule is CCCCCCCCCNCC(C)N1CCCCC1. The largest absolute Gasteiger partial charge is 0.315 e. The van der Waals surface area contributed by atoms with E-state index < -0.39 is 0 Å². The molecule has 0 saturated carbocycles. The van der Waals surface area contributed by atoms with E-state index in [1.54, 1.807) is 0 Å². The van der Waals surface area contributed by atoms with E-state index in [1.807, 2.05) is 0 Å². The van der Waals surface area contributed by atoms with Crippen LogP contribution in [-0.4, -0.2) is 37.1 Å². The van der Waals surface area contributed by atoms with Crippen LogP contribution in [0.25, 0.3) is 0 Å². The fourth-order valence-corrected chi connectivity index (χ4v) is 3.01. The molecule has 1 saturated heterocycles. The summed E-state index contributed by atoms with van der Waals surface area (Å²) in [6.45, 7) is 9.69. The average molecular weight is 268 g/mol. The van der Waals surface area contributed by atoms with E-state index in [9.17, 15) is 0 Å². The molecule has 1 fully saturated rings. The second kappa shape index (κ2) is 11.7. The van der Waals surface area contributed by atoms with Crippen LogP contribution in [0.15, 0.2) is 0 Å². The van der Waals surface area contributed by atoms with Crippen LogP contribution in [0.3, 0.4) is 0 Å². The van der Waals surface area contributed by atoms with Gasteiger partial charge in [0.05, 0.1) is 0 Å². The van der Waals surface area contributed by atoms with Crippen LogP contribution in [0, 0.1) is 0 Å². The topological polar surface area (TPSA) is 15.3 Å². The summed E-state index contributed by atoms with van der Waals surface area (Å²) in [4.78, 5) is 2.65. The van der Waals surface area contributed by atoms with E-state index in [1.165, 1.54) is 90.4 Å². The maximum absolute atomic E-state index is 3.64. The molecule has 1 unspecified atom stereocenters. The van der Waals surface area contributed by atoms with Crippen molar-refractivity contribution in [2.75, 3.05) is 26.2 Å². The molecule has 0 amide bonds. The molecule has 0 aromatic carbocycles. The van der Waals surface area contributed by atoms with Crippen LogP contribution >= 0.6 is 0 Å². The Morgan fingerprint density at radius 1 is 0.895 bits per heavy atom. The molecule has 0 aliphatic carbocycles. The summed E-state index contributed by atoms with van der Waals surface area (Å²) in [7, 11) is 0. The zero-order valence-corrected chi connectivity index (χ0v) is 13.4. The highest BCUT2D eigenvalue weighted by Crippen LogP contribution is 2.11. The van der Waals surface area contributed by atoms with Crippen LogP contribution in [0.5, 0.6) is 0 Å². The molecule has 0 bridgehead atoms. The van der Waals surface area contributed by atoms with Gasteiger partial charge in [-0.1, -0.05) is 51.9 Å². The maximum Gasteiger partial charge on any atom is 0.0192 e. The van der Waals surface area contributed by atoms with Crippen molar-refractivity contribution in [3.05, 3.63) is 0 Å². The molecule has 1 atom stereocenters. The third-order valence-corrected chi connectivity index (χ3v) is 4.41. The number of piperidine rings is 1. The molecule has 2 heteroatoms. The first kappa shape index (κ1) is 17.0. The lowest BCUT2D eigenvalue weighted by molar-refractivity contribution is 0.171. The minimum atomic E-state index is 0.727. The van der Waals surface area contributed by atoms with E-state index in [4.69, 9.17) is 0 Å². The van der Waals surface area contributed by atoms with Gasteiger partial charge in [-0.15, -0.1) is 0 Å². The molecule has 1 rings (SSSR count). The van der Waals surface area contributed by atoms with Crippen LogP contribution < -0.4 is 5.32 Å². The van der Waals surface area contributed by atoms with Crippen molar-refractivity contribution < 1.29 is 0 Å².